The van der Waals surface area contributed by atoms with E-state index in [2.05, 4.69) is 16.3 Å². The van der Waals surface area contributed by atoms with Crippen molar-refractivity contribution in [2.24, 2.45) is 0 Å². The average Bonchev–Trinajstić information content (AvgIpc) is 2.12. The van der Waals surface area contributed by atoms with Crippen LogP contribution in [0, 0.1) is 0 Å². The molecule has 9 heteroatoms. The van der Waals surface area contributed by atoms with Crippen molar-refractivity contribution >= 4 is 17.6 Å². The zero-order chi connectivity index (χ0) is 14.1. The van der Waals surface area contributed by atoms with E-state index in [-0.39, 0.29) is 6.42 Å². The first-order valence-electron chi connectivity index (χ1n) is 4.41. The van der Waals surface area contributed by atoms with Crippen LogP contribution in [-0.4, -0.2) is 29.3 Å². The molecule has 0 aromatic rings. The number of carbonyl (C=O) groups is 1. The molecule has 0 fully saturated rings. The minimum atomic E-state index is -5.99. The van der Waals surface area contributed by atoms with E-state index in [0.717, 1.165) is 6.92 Å². The molecule has 102 valence electrons. The van der Waals surface area contributed by atoms with Crippen molar-refractivity contribution in [2.75, 3.05) is 0 Å². The van der Waals surface area contributed by atoms with E-state index in [9.17, 15) is 31.1 Å². The van der Waals surface area contributed by atoms with Gasteiger partial charge in [0, 0.05) is 0 Å². The Kier molecular flexibility index (Phi) is 4.72. The van der Waals surface area contributed by atoms with Gasteiger partial charge < -0.3 is 4.74 Å². The van der Waals surface area contributed by atoms with Gasteiger partial charge in [0.1, 0.15) is 0 Å². The molecule has 0 heterocycles. The zero-order valence-corrected chi connectivity index (χ0v) is 9.50. The normalized spacial score (nSPS) is 15.6. The fraction of sp³-hybridized carbons (Fsp3) is 0.875. The lowest BCUT2D eigenvalue weighted by Gasteiger charge is -2.30. The fourth-order valence-electron chi connectivity index (χ4n) is 0.739. The van der Waals surface area contributed by atoms with Gasteiger partial charge in [0.2, 0.25) is 0 Å². The molecule has 0 rings (SSSR count). The summed E-state index contributed by atoms with van der Waals surface area (Å²) < 4.78 is 77.5. The minimum Gasteiger partial charge on any atom is -0.461 e. The summed E-state index contributed by atoms with van der Waals surface area (Å²) in [6.07, 6.45) is -13.0. The molecule has 0 saturated heterocycles. The monoisotopic (exact) mass is 286 g/mol. The predicted molar refractivity (Wildman–Crippen MR) is 46.5 cm³/mol. The maximum Gasteiger partial charge on any atom is 0.427 e. The predicted octanol–water partition coefficient (Wildman–Crippen LogP) is 3.43. The number of hydrogen-bond acceptors (Lipinski definition) is 2. The highest BCUT2D eigenvalue weighted by atomic mass is 35.5. The van der Waals surface area contributed by atoms with Crippen molar-refractivity contribution in [1.82, 2.24) is 0 Å². The summed E-state index contributed by atoms with van der Waals surface area (Å²) in [5.41, 5.74) is 0. The summed E-state index contributed by atoms with van der Waals surface area (Å²) in [6, 6.07) is 0. The Labute approximate surface area is 97.9 Å². The van der Waals surface area contributed by atoms with Crippen LogP contribution in [0.2, 0.25) is 0 Å². The van der Waals surface area contributed by atoms with Gasteiger partial charge in [-0.1, -0.05) is 18.5 Å². The molecule has 0 radical (unpaired) electrons. The summed E-state index contributed by atoms with van der Waals surface area (Å²) >= 11 is 4.42. The molecule has 0 spiro atoms. The van der Waals surface area contributed by atoms with Gasteiger partial charge in [0.15, 0.2) is 0 Å². The fourth-order valence-corrected chi connectivity index (χ4v) is 0.784. The number of ether oxygens (including phenoxy) is 1. The molecule has 0 bridgehead atoms. The molecule has 0 aromatic carbocycles. The minimum absolute atomic E-state index is 0.0639. The van der Waals surface area contributed by atoms with Crippen molar-refractivity contribution in [3.8, 4) is 0 Å². The molecule has 0 aliphatic carbocycles. The summed E-state index contributed by atoms with van der Waals surface area (Å²) in [5, 5.41) is 0. The molecule has 0 saturated carbocycles. The molecule has 0 aromatic heterocycles. The largest absolute Gasteiger partial charge is 0.461 e. The van der Waals surface area contributed by atoms with Gasteiger partial charge in [-0.3, -0.25) is 0 Å². The zero-order valence-electron chi connectivity index (χ0n) is 8.75. The summed E-state index contributed by atoms with van der Waals surface area (Å²) in [7, 11) is 0. The van der Waals surface area contributed by atoms with Crippen LogP contribution < -0.4 is 0 Å². The Hall–Kier alpha value is -0.660. The van der Waals surface area contributed by atoms with E-state index in [1.165, 1.54) is 6.92 Å². The van der Waals surface area contributed by atoms with Gasteiger partial charge in [0.25, 0.3) is 0 Å². The Balaban J connectivity index is 5.30. The molecule has 2 nitrogen and oxygen atoms in total. The van der Waals surface area contributed by atoms with E-state index in [0.29, 0.717) is 0 Å². The van der Waals surface area contributed by atoms with Gasteiger partial charge >= 0.3 is 23.2 Å². The molecular weight excluding hydrogens is 278 g/mol. The highest BCUT2D eigenvalue weighted by molar-refractivity contribution is 6.35. The molecular formula is C8H9ClF6O2. The van der Waals surface area contributed by atoms with E-state index in [4.69, 9.17) is 0 Å². The molecule has 17 heavy (non-hydrogen) atoms. The van der Waals surface area contributed by atoms with E-state index in [1.54, 1.807) is 0 Å². The Morgan fingerprint density at radius 3 is 1.76 bits per heavy atom. The molecule has 1 atom stereocenters. The standard InChI is InChI=1S/C8H9ClF6O2/c1-3-4(2)17-5(16)6(9,7(10,11)12)8(13,14)15/h4H,3H2,1-2H3/t4-/m1/s1. The number of rotatable bonds is 3. The Bertz CT molecular complexity index is 271. The first-order chi connectivity index (χ1) is 7.38. The van der Waals surface area contributed by atoms with Crippen molar-refractivity contribution in [2.45, 2.75) is 43.6 Å². The first kappa shape index (κ1) is 16.3. The second-order valence-corrected chi connectivity index (χ2v) is 3.85. The molecule has 0 aliphatic heterocycles. The first-order valence-corrected chi connectivity index (χ1v) is 4.79. The smallest absolute Gasteiger partial charge is 0.427 e. The third-order valence-electron chi connectivity index (χ3n) is 1.95. The van der Waals surface area contributed by atoms with Crippen LogP contribution in [0.3, 0.4) is 0 Å². The second-order valence-electron chi connectivity index (χ2n) is 3.28. The van der Waals surface area contributed by atoms with Crippen LogP contribution in [0.25, 0.3) is 0 Å². The van der Waals surface area contributed by atoms with Crippen LogP contribution in [0.4, 0.5) is 26.3 Å². The van der Waals surface area contributed by atoms with E-state index in [1.807, 2.05) is 0 Å². The van der Waals surface area contributed by atoms with Crippen LogP contribution in [-0.2, 0) is 9.53 Å². The molecule has 0 unspecified atom stereocenters. The summed E-state index contributed by atoms with van der Waals surface area (Å²) in [4.78, 5) is 5.91. The third kappa shape index (κ3) is 3.17. The van der Waals surface area contributed by atoms with Gasteiger partial charge in [0.05, 0.1) is 6.10 Å². The molecule has 0 aliphatic rings. The lowest BCUT2D eigenvalue weighted by Crippen LogP contribution is -2.59. The maximum atomic E-state index is 12.3. The highest BCUT2D eigenvalue weighted by Crippen LogP contribution is 2.48. The van der Waals surface area contributed by atoms with Gasteiger partial charge in [-0.25, -0.2) is 4.79 Å². The van der Waals surface area contributed by atoms with Gasteiger partial charge in [-0.15, -0.1) is 0 Å². The summed E-state index contributed by atoms with van der Waals surface area (Å²) in [6.45, 7) is 2.58. The van der Waals surface area contributed by atoms with Crippen LogP contribution >= 0.6 is 11.6 Å². The van der Waals surface area contributed by atoms with E-state index >= 15 is 0 Å². The quantitative estimate of drug-likeness (QED) is 0.451. The highest BCUT2D eigenvalue weighted by Gasteiger charge is 2.76. The van der Waals surface area contributed by atoms with Crippen molar-refractivity contribution in [3.05, 3.63) is 0 Å². The van der Waals surface area contributed by atoms with Crippen molar-refractivity contribution in [3.63, 3.8) is 0 Å². The lowest BCUT2D eigenvalue weighted by atomic mass is 10.1. The average molecular weight is 287 g/mol. The summed E-state index contributed by atoms with van der Waals surface area (Å²) in [5.74, 6) is -2.56. The van der Waals surface area contributed by atoms with Crippen LogP contribution in [0.5, 0.6) is 0 Å². The Morgan fingerprint density at radius 1 is 1.18 bits per heavy atom. The molecule has 0 amide bonds. The number of halogens is 7. The SMILES string of the molecule is CC[C@@H](C)OC(=O)C(Cl)(C(F)(F)F)C(F)(F)F. The number of esters is 1. The lowest BCUT2D eigenvalue weighted by molar-refractivity contribution is -0.269. The number of carbonyl (C=O) groups excluding carboxylic acids is 1. The molecule has 0 N–H and O–H groups in total. The van der Waals surface area contributed by atoms with Gasteiger partial charge in [-0.05, 0) is 13.3 Å². The topological polar surface area (TPSA) is 26.3 Å². The van der Waals surface area contributed by atoms with Crippen LogP contribution in [0.1, 0.15) is 20.3 Å². The Morgan fingerprint density at radius 2 is 1.53 bits per heavy atom. The van der Waals surface area contributed by atoms with Gasteiger partial charge in [-0.2, -0.15) is 26.3 Å². The number of alkyl halides is 7. The third-order valence-corrected chi connectivity index (χ3v) is 2.53. The van der Waals surface area contributed by atoms with Crippen molar-refractivity contribution in [1.29, 1.82) is 0 Å². The maximum absolute atomic E-state index is 12.3. The number of hydrogen-bond donors (Lipinski definition) is 0. The van der Waals surface area contributed by atoms with E-state index < -0.39 is 29.3 Å². The second kappa shape index (κ2) is 4.91. The van der Waals surface area contributed by atoms with Crippen LogP contribution in [0.15, 0.2) is 0 Å². The van der Waals surface area contributed by atoms with Crippen molar-refractivity contribution < 1.29 is 35.9 Å².